The smallest absolute Gasteiger partial charge is 0.137 e. The molecular formula is C15H15Cl2NO. The molecule has 0 heterocycles. The number of benzene rings is 2. The minimum Gasteiger partial charge on any atom is -0.491 e. The van der Waals surface area contributed by atoms with Gasteiger partial charge in [-0.05, 0) is 23.8 Å². The second-order valence-corrected chi connectivity index (χ2v) is 4.86. The van der Waals surface area contributed by atoms with Gasteiger partial charge in [-0.2, -0.15) is 0 Å². The van der Waals surface area contributed by atoms with Gasteiger partial charge in [0.05, 0.1) is 5.02 Å². The molecule has 0 atom stereocenters. The molecule has 0 aliphatic carbocycles. The summed E-state index contributed by atoms with van der Waals surface area (Å²) in [5.74, 6) is 0.712. The molecule has 0 unspecified atom stereocenters. The molecule has 0 radical (unpaired) electrons. The number of rotatable bonds is 6. The molecular weight excluding hydrogens is 281 g/mol. The Morgan fingerprint density at radius 1 is 0.895 bits per heavy atom. The van der Waals surface area contributed by atoms with Gasteiger partial charge in [-0.25, -0.2) is 0 Å². The van der Waals surface area contributed by atoms with Crippen LogP contribution in [0.2, 0.25) is 10.0 Å². The maximum Gasteiger partial charge on any atom is 0.137 e. The first-order valence-corrected chi connectivity index (χ1v) is 6.84. The second-order valence-electron chi connectivity index (χ2n) is 4.05. The third kappa shape index (κ3) is 4.43. The summed E-state index contributed by atoms with van der Waals surface area (Å²) in [6.07, 6.45) is 0. The number of para-hydroxylation sites is 1. The van der Waals surface area contributed by atoms with Crippen molar-refractivity contribution in [1.82, 2.24) is 5.32 Å². The summed E-state index contributed by atoms with van der Waals surface area (Å²) in [5, 5.41) is 4.69. The van der Waals surface area contributed by atoms with Gasteiger partial charge in [0.15, 0.2) is 0 Å². The normalized spacial score (nSPS) is 10.4. The van der Waals surface area contributed by atoms with E-state index in [-0.39, 0.29) is 0 Å². The molecule has 0 spiro atoms. The highest BCUT2D eigenvalue weighted by Crippen LogP contribution is 2.22. The Kier molecular flexibility index (Phi) is 5.52. The zero-order valence-electron chi connectivity index (χ0n) is 10.4. The second kappa shape index (κ2) is 7.39. The number of ether oxygens (including phenoxy) is 1. The molecule has 0 saturated carbocycles. The van der Waals surface area contributed by atoms with Crippen LogP contribution in [0.5, 0.6) is 5.75 Å². The third-order valence-corrected chi connectivity index (χ3v) is 3.33. The molecule has 0 aliphatic heterocycles. The fraction of sp³-hybridized carbons (Fsp3) is 0.200. The summed E-state index contributed by atoms with van der Waals surface area (Å²) in [6.45, 7) is 2.02. The van der Waals surface area contributed by atoms with Crippen LogP contribution in [0.1, 0.15) is 5.56 Å². The highest BCUT2D eigenvalue weighted by Gasteiger charge is 2.00. The van der Waals surface area contributed by atoms with Crippen molar-refractivity contribution in [2.75, 3.05) is 13.2 Å². The van der Waals surface area contributed by atoms with Crippen molar-refractivity contribution < 1.29 is 4.74 Å². The Bertz CT molecular complexity index is 484. The monoisotopic (exact) mass is 295 g/mol. The third-order valence-electron chi connectivity index (χ3n) is 2.65. The summed E-state index contributed by atoms with van der Waals surface area (Å²) in [5.41, 5.74) is 1.09. The predicted molar refractivity (Wildman–Crippen MR) is 80.1 cm³/mol. The predicted octanol–water partition coefficient (Wildman–Crippen LogP) is 4.16. The van der Waals surface area contributed by atoms with Gasteiger partial charge in [-0.15, -0.1) is 0 Å². The molecule has 4 heteroatoms. The van der Waals surface area contributed by atoms with Crippen molar-refractivity contribution in [2.24, 2.45) is 0 Å². The zero-order chi connectivity index (χ0) is 13.5. The lowest BCUT2D eigenvalue weighted by Gasteiger charge is -2.09. The summed E-state index contributed by atoms with van der Waals surface area (Å²) in [4.78, 5) is 0. The van der Waals surface area contributed by atoms with Crippen LogP contribution in [-0.2, 0) is 6.54 Å². The standard InChI is InChI=1S/C15H15Cl2NO/c16-13-6-2-1-5-12(13)11-18-9-10-19-15-8-4-3-7-14(15)17/h1-8,18H,9-11H2. The van der Waals surface area contributed by atoms with Crippen LogP contribution in [0.3, 0.4) is 0 Å². The number of nitrogens with one attached hydrogen (secondary N) is 1. The Hall–Kier alpha value is -1.22. The van der Waals surface area contributed by atoms with E-state index >= 15 is 0 Å². The van der Waals surface area contributed by atoms with Gasteiger partial charge in [-0.3, -0.25) is 0 Å². The van der Waals surface area contributed by atoms with Gasteiger partial charge in [0.2, 0.25) is 0 Å². The number of halogens is 2. The molecule has 2 aromatic rings. The minimum atomic E-state index is 0.564. The van der Waals surface area contributed by atoms with Gasteiger partial charge >= 0.3 is 0 Å². The van der Waals surface area contributed by atoms with Crippen LogP contribution >= 0.6 is 23.2 Å². The van der Waals surface area contributed by atoms with E-state index in [0.29, 0.717) is 17.4 Å². The van der Waals surface area contributed by atoms with Crippen molar-refractivity contribution in [1.29, 1.82) is 0 Å². The van der Waals surface area contributed by atoms with Crippen molar-refractivity contribution in [2.45, 2.75) is 6.54 Å². The molecule has 0 aromatic heterocycles. The van der Waals surface area contributed by atoms with Crippen LogP contribution in [-0.4, -0.2) is 13.2 Å². The molecule has 0 bridgehead atoms. The van der Waals surface area contributed by atoms with E-state index in [2.05, 4.69) is 5.32 Å². The van der Waals surface area contributed by atoms with Gasteiger partial charge in [0.1, 0.15) is 12.4 Å². The average Bonchev–Trinajstić information content (AvgIpc) is 2.42. The minimum absolute atomic E-state index is 0.564. The van der Waals surface area contributed by atoms with E-state index in [1.54, 1.807) is 0 Å². The fourth-order valence-corrected chi connectivity index (χ4v) is 2.05. The summed E-state index contributed by atoms with van der Waals surface area (Å²) < 4.78 is 5.58. The van der Waals surface area contributed by atoms with Crippen LogP contribution in [0.4, 0.5) is 0 Å². The van der Waals surface area contributed by atoms with Gasteiger partial charge in [0, 0.05) is 18.1 Å². The highest BCUT2D eigenvalue weighted by atomic mass is 35.5. The van der Waals surface area contributed by atoms with E-state index in [0.717, 1.165) is 23.7 Å². The van der Waals surface area contributed by atoms with Crippen molar-refractivity contribution in [3.63, 3.8) is 0 Å². The quantitative estimate of drug-likeness (QED) is 0.808. The first kappa shape index (κ1) is 14.2. The zero-order valence-corrected chi connectivity index (χ0v) is 11.9. The summed E-state index contributed by atoms with van der Waals surface area (Å²) in [7, 11) is 0. The van der Waals surface area contributed by atoms with Crippen LogP contribution in [0, 0.1) is 0 Å². The lowest BCUT2D eigenvalue weighted by Crippen LogP contribution is -2.20. The SMILES string of the molecule is Clc1ccccc1CNCCOc1ccccc1Cl. The Labute approximate surface area is 123 Å². The summed E-state index contributed by atoms with van der Waals surface area (Å²) >= 11 is 12.1. The van der Waals surface area contributed by atoms with E-state index in [9.17, 15) is 0 Å². The molecule has 0 aliphatic rings. The molecule has 0 saturated heterocycles. The molecule has 2 nitrogen and oxygen atoms in total. The molecule has 0 fully saturated rings. The maximum absolute atomic E-state index is 6.07. The average molecular weight is 296 g/mol. The number of hydrogen-bond acceptors (Lipinski definition) is 2. The van der Waals surface area contributed by atoms with E-state index in [1.807, 2.05) is 48.5 Å². The molecule has 100 valence electrons. The fourth-order valence-electron chi connectivity index (χ4n) is 1.66. The molecule has 1 N–H and O–H groups in total. The van der Waals surface area contributed by atoms with Crippen LogP contribution in [0.15, 0.2) is 48.5 Å². The lowest BCUT2D eigenvalue weighted by molar-refractivity contribution is 0.314. The van der Waals surface area contributed by atoms with E-state index in [1.165, 1.54) is 0 Å². The van der Waals surface area contributed by atoms with Crippen molar-refractivity contribution in [3.8, 4) is 5.75 Å². The van der Waals surface area contributed by atoms with Gasteiger partial charge in [-0.1, -0.05) is 53.5 Å². The first-order chi connectivity index (χ1) is 9.27. The Morgan fingerprint density at radius 3 is 2.32 bits per heavy atom. The molecule has 0 amide bonds. The molecule has 2 aromatic carbocycles. The largest absolute Gasteiger partial charge is 0.491 e. The van der Waals surface area contributed by atoms with Gasteiger partial charge < -0.3 is 10.1 Å². The first-order valence-electron chi connectivity index (χ1n) is 6.09. The topological polar surface area (TPSA) is 21.3 Å². The molecule has 19 heavy (non-hydrogen) atoms. The molecule has 2 rings (SSSR count). The Morgan fingerprint density at radius 2 is 1.58 bits per heavy atom. The maximum atomic E-state index is 6.07. The van der Waals surface area contributed by atoms with E-state index < -0.39 is 0 Å². The van der Waals surface area contributed by atoms with Gasteiger partial charge in [0.25, 0.3) is 0 Å². The van der Waals surface area contributed by atoms with Crippen molar-refractivity contribution >= 4 is 23.2 Å². The lowest BCUT2D eigenvalue weighted by atomic mass is 10.2. The summed E-state index contributed by atoms with van der Waals surface area (Å²) in [6, 6.07) is 15.2. The van der Waals surface area contributed by atoms with Crippen molar-refractivity contribution in [3.05, 3.63) is 64.1 Å². The van der Waals surface area contributed by atoms with Crippen LogP contribution < -0.4 is 10.1 Å². The van der Waals surface area contributed by atoms with E-state index in [4.69, 9.17) is 27.9 Å². The Balaban J connectivity index is 1.71. The highest BCUT2D eigenvalue weighted by molar-refractivity contribution is 6.32. The number of hydrogen-bond donors (Lipinski definition) is 1. The van der Waals surface area contributed by atoms with Crippen LogP contribution in [0.25, 0.3) is 0 Å².